The monoisotopic (exact) mass is 359 g/mol. The van der Waals surface area contributed by atoms with Crippen LogP contribution in [0, 0.1) is 11.8 Å². The molecule has 2 heterocycles. The summed E-state index contributed by atoms with van der Waals surface area (Å²) >= 11 is 0. The smallest absolute Gasteiger partial charge is 0.222 e. The highest BCUT2D eigenvalue weighted by molar-refractivity contribution is 5.97. The number of nitrogens with one attached hydrogen (secondary N) is 3. The Kier molecular flexibility index (Phi) is 7.05. The highest BCUT2D eigenvalue weighted by Crippen LogP contribution is 2.29. The molecule has 144 valence electrons. The minimum absolute atomic E-state index is 0.599. The maximum absolute atomic E-state index is 4.77. The van der Waals surface area contributed by atoms with E-state index in [1.54, 1.807) is 0 Å². The summed E-state index contributed by atoms with van der Waals surface area (Å²) in [5.74, 6) is 3.25. The van der Waals surface area contributed by atoms with E-state index in [0.29, 0.717) is 11.8 Å². The van der Waals surface area contributed by atoms with Crippen LogP contribution in [-0.2, 0) is 0 Å². The third kappa shape index (κ3) is 5.06. The number of rotatable bonds is 7. The van der Waals surface area contributed by atoms with Gasteiger partial charge in [0.25, 0.3) is 0 Å². The lowest BCUT2D eigenvalue weighted by atomic mass is 10.0. The van der Waals surface area contributed by atoms with Crippen molar-refractivity contribution in [1.82, 2.24) is 21.0 Å². The summed E-state index contributed by atoms with van der Waals surface area (Å²) in [6.07, 6.45) is 9.42. The van der Waals surface area contributed by atoms with Crippen LogP contribution in [0.5, 0.6) is 0 Å². The van der Waals surface area contributed by atoms with Crippen LogP contribution in [0.15, 0.2) is 26.9 Å². The van der Waals surface area contributed by atoms with Crippen LogP contribution in [-0.4, -0.2) is 63.2 Å². The zero-order valence-electron chi connectivity index (χ0n) is 16.0. The van der Waals surface area contributed by atoms with Gasteiger partial charge in [-0.05, 0) is 44.8 Å². The number of likely N-dealkylation sites (tertiary alicyclic amines) is 1. The van der Waals surface area contributed by atoms with E-state index < -0.39 is 0 Å². The van der Waals surface area contributed by atoms with Crippen molar-refractivity contribution in [2.24, 2.45) is 26.9 Å². The molecule has 0 unspecified atom stereocenters. The predicted octanol–water partition coefficient (Wildman–Crippen LogP) is 1.55. The van der Waals surface area contributed by atoms with Crippen LogP contribution in [0.3, 0.4) is 0 Å². The maximum atomic E-state index is 4.77. The van der Waals surface area contributed by atoms with Crippen molar-refractivity contribution in [2.75, 3.05) is 39.8 Å². The third-order valence-electron chi connectivity index (χ3n) is 5.53. The average molecular weight is 360 g/mol. The number of allylic oxidation sites excluding steroid dienone is 1. The van der Waals surface area contributed by atoms with E-state index in [9.17, 15) is 0 Å². The Balaban J connectivity index is 1.52. The van der Waals surface area contributed by atoms with Gasteiger partial charge in [-0.3, -0.25) is 10.4 Å². The number of aliphatic imine (C=N–C) groups is 2. The van der Waals surface area contributed by atoms with E-state index in [-0.39, 0.29) is 0 Å². The predicted molar refractivity (Wildman–Crippen MR) is 109 cm³/mol. The number of nitrogens with zero attached hydrogens (tertiary/aromatic N) is 4. The highest BCUT2D eigenvalue weighted by Gasteiger charge is 2.25. The van der Waals surface area contributed by atoms with Gasteiger partial charge in [0.15, 0.2) is 0 Å². The fourth-order valence-corrected chi connectivity index (χ4v) is 4.15. The first kappa shape index (κ1) is 18.9. The van der Waals surface area contributed by atoms with E-state index in [4.69, 9.17) is 4.99 Å². The van der Waals surface area contributed by atoms with E-state index >= 15 is 0 Å². The second kappa shape index (κ2) is 9.71. The van der Waals surface area contributed by atoms with Gasteiger partial charge in [0.1, 0.15) is 5.84 Å². The van der Waals surface area contributed by atoms with Gasteiger partial charge in [-0.15, -0.1) is 0 Å². The Hall–Kier alpha value is -1.89. The summed E-state index contributed by atoms with van der Waals surface area (Å²) in [6.45, 7) is 8.34. The van der Waals surface area contributed by atoms with E-state index in [1.807, 2.05) is 7.05 Å². The molecular formula is C19H33N7. The van der Waals surface area contributed by atoms with Crippen molar-refractivity contribution >= 4 is 18.5 Å². The Labute approximate surface area is 157 Å². The van der Waals surface area contributed by atoms with Crippen molar-refractivity contribution in [2.45, 2.75) is 38.5 Å². The molecule has 1 saturated carbocycles. The minimum atomic E-state index is 0.599. The molecule has 7 nitrogen and oxygen atoms in total. The maximum Gasteiger partial charge on any atom is 0.222 e. The lowest BCUT2D eigenvalue weighted by Crippen LogP contribution is -2.35. The average Bonchev–Trinajstić information content (AvgIpc) is 3.34. The van der Waals surface area contributed by atoms with E-state index in [0.717, 1.165) is 50.9 Å². The molecule has 1 aliphatic carbocycles. The number of hydrogen-bond acceptors (Lipinski definition) is 7. The van der Waals surface area contributed by atoms with Gasteiger partial charge in [-0.2, -0.15) is 5.10 Å². The molecule has 0 aromatic rings. The van der Waals surface area contributed by atoms with Crippen LogP contribution in [0.25, 0.3) is 0 Å². The molecule has 0 radical (unpaired) electrons. The molecule has 0 aromatic heterocycles. The molecule has 1 atom stereocenters. The third-order valence-corrected chi connectivity index (χ3v) is 5.53. The van der Waals surface area contributed by atoms with Gasteiger partial charge in [0.05, 0.1) is 0 Å². The van der Waals surface area contributed by atoms with Crippen molar-refractivity contribution in [3.8, 4) is 0 Å². The first-order chi connectivity index (χ1) is 12.8. The molecule has 7 heteroatoms. The Bertz CT molecular complexity index is 560. The highest BCUT2D eigenvalue weighted by atomic mass is 15.3. The van der Waals surface area contributed by atoms with Crippen molar-refractivity contribution in [3.05, 3.63) is 11.8 Å². The molecule has 1 saturated heterocycles. The van der Waals surface area contributed by atoms with Crippen LogP contribution >= 0.6 is 0 Å². The molecule has 0 aromatic carbocycles. The molecule has 0 amide bonds. The minimum Gasteiger partial charge on any atom is -0.370 e. The second-order valence-electron chi connectivity index (χ2n) is 7.44. The van der Waals surface area contributed by atoms with Gasteiger partial charge >= 0.3 is 0 Å². The summed E-state index contributed by atoms with van der Waals surface area (Å²) in [5, 5.41) is 10.6. The number of hydrazone groups is 1. The molecular weight excluding hydrogens is 326 g/mol. The SMILES string of the molecule is C=NN/C(=C\CNC1=NC(N2CC[C@H](CNC)C2)=NCC1)C1CCCC1. The van der Waals surface area contributed by atoms with Crippen LogP contribution in [0.4, 0.5) is 0 Å². The van der Waals surface area contributed by atoms with E-state index in [1.165, 1.54) is 37.8 Å². The molecule has 26 heavy (non-hydrogen) atoms. The van der Waals surface area contributed by atoms with Gasteiger partial charge in [0.2, 0.25) is 5.96 Å². The number of amidine groups is 1. The van der Waals surface area contributed by atoms with Crippen LogP contribution in [0.2, 0.25) is 0 Å². The zero-order valence-corrected chi connectivity index (χ0v) is 16.0. The summed E-state index contributed by atoms with van der Waals surface area (Å²) in [6, 6.07) is 0. The molecule has 2 aliphatic heterocycles. The number of hydrogen-bond donors (Lipinski definition) is 3. The Morgan fingerprint density at radius 1 is 1.35 bits per heavy atom. The standard InChI is InChI=1S/C19H33N7/c1-20-13-15-9-12-26(14-15)19-23-11-8-18(24-19)22-10-7-17(25-21-2)16-5-3-4-6-16/h7,15-16,20,25H,2-6,8-14H2,1H3,(H,22,23,24)/b17-7-/t15-/m1/s1. The Morgan fingerprint density at radius 2 is 2.19 bits per heavy atom. The molecule has 3 aliphatic rings. The largest absolute Gasteiger partial charge is 0.370 e. The number of guanidine groups is 1. The normalized spacial score (nSPS) is 24.4. The zero-order chi connectivity index (χ0) is 18.2. The molecule has 3 rings (SSSR count). The first-order valence-electron chi connectivity index (χ1n) is 9.97. The molecule has 0 spiro atoms. The van der Waals surface area contributed by atoms with E-state index in [2.05, 4.69) is 43.8 Å². The summed E-state index contributed by atoms with van der Waals surface area (Å²) in [7, 11) is 2.02. The van der Waals surface area contributed by atoms with Crippen molar-refractivity contribution in [1.29, 1.82) is 0 Å². The molecule has 2 fully saturated rings. The van der Waals surface area contributed by atoms with Crippen LogP contribution in [0.1, 0.15) is 38.5 Å². The fourth-order valence-electron chi connectivity index (χ4n) is 4.15. The lowest BCUT2D eigenvalue weighted by Gasteiger charge is -2.22. The first-order valence-corrected chi connectivity index (χ1v) is 9.97. The van der Waals surface area contributed by atoms with Crippen molar-refractivity contribution < 1.29 is 0 Å². The van der Waals surface area contributed by atoms with Gasteiger partial charge in [0, 0.05) is 50.9 Å². The topological polar surface area (TPSA) is 76.4 Å². The van der Waals surface area contributed by atoms with Gasteiger partial charge < -0.3 is 15.5 Å². The summed E-state index contributed by atoms with van der Waals surface area (Å²) in [5.41, 5.74) is 4.29. The lowest BCUT2D eigenvalue weighted by molar-refractivity contribution is 0.462. The second-order valence-corrected chi connectivity index (χ2v) is 7.44. The van der Waals surface area contributed by atoms with Crippen LogP contribution < -0.4 is 16.1 Å². The fraction of sp³-hybridized carbons (Fsp3) is 0.737. The quantitative estimate of drug-likeness (QED) is 0.476. The van der Waals surface area contributed by atoms with Crippen molar-refractivity contribution in [3.63, 3.8) is 0 Å². The summed E-state index contributed by atoms with van der Waals surface area (Å²) in [4.78, 5) is 11.7. The Morgan fingerprint density at radius 3 is 2.96 bits per heavy atom. The van der Waals surface area contributed by atoms with Gasteiger partial charge in [-0.25, -0.2) is 4.99 Å². The summed E-state index contributed by atoms with van der Waals surface area (Å²) < 4.78 is 0. The van der Waals surface area contributed by atoms with Gasteiger partial charge in [-0.1, -0.05) is 12.8 Å². The molecule has 3 N–H and O–H groups in total. The molecule has 0 bridgehead atoms.